The molecule has 0 aliphatic carbocycles. The smallest absolute Gasteiger partial charge is 0.226 e. The van der Waals surface area contributed by atoms with E-state index in [1.54, 1.807) is 6.20 Å². The van der Waals surface area contributed by atoms with Gasteiger partial charge in [0.1, 0.15) is 5.82 Å². The lowest BCUT2D eigenvalue weighted by atomic mass is 10.0. The molecule has 3 aromatic heterocycles. The molecule has 182 valence electrons. The number of anilines is 1. The molecule has 1 aliphatic rings. The highest BCUT2D eigenvalue weighted by Gasteiger charge is 2.41. The summed E-state index contributed by atoms with van der Waals surface area (Å²) in [5.74, 6) is 0.776. The number of carbonyl (C=O) groups excluding carboxylic acids is 1. The van der Waals surface area contributed by atoms with Crippen LogP contribution in [0, 0.1) is 13.8 Å². The fourth-order valence-corrected chi connectivity index (χ4v) is 4.89. The number of nitrogens with zero attached hydrogens (tertiary/aromatic N) is 4. The van der Waals surface area contributed by atoms with Crippen molar-refractivity contribution < 1.29 is 4.79 Å². The van der Waals surface area contributed by atoms with Gasteiger partial charge in [0.15, 0.2) is 5.11 Å². The summed E-state index contributed by atoms with van der Waals surface area (Å²) >= 11 is 5.78. The van der Waals surface area contributed by atoms with Gasteiger partial charge >= 0.3 is 0 Å². The molecule has 0 spiro atoms. The van der Waals surface area contributed by atoms with Crippen molar-refractivity contribution in [2.45, 2.75) is 32.4 Å². The lowest BCUT2D eigenvalue weighted by Gasteiger charge is -2.28. The Balaban J connectivity index is 1.44. The van der Waals surface area contributed by atoms with Crippen molar-refractivity contribution in [2.75, 3.05) is 11.9 Å². The van der Waals surface area contributed by atoms with Crippen LogP contribution in [0.15, 0.2) is 85.3 Å². The van der Waals surface area contributed by atoms with Crippen LogP contribution in [0.4, 0.5) is 5.69 Å². The molecule has 1 fully saturated rings. The van der Waals surface area contributed by atoms with Crippen LogP contribution in [0.25, 0.3) is 5.82 Å². The van der Waals surface area contributed by atoms with Crippen LogP contribution < -0.4 is 10.6 Å². The zero-order valence-electron chi connectivity index (χ0n) is 20.3. The minimum absolute atomic E-state index is 0.0530. The second kappa shape index (κ2) is 10.3. The first-order valence-electron chi connectivity index (χ1n) is 11.9. The van der Waals surface area contributed by atoms with Crippen molar-refractivity contribution in [3.63, 3.8) is 0 Å². The summed E-state index contributed by atoms with van der Waals surface area (Å²) in [6, 6.07) is 21.5. The van der Waals surface area contributed by atoms with E-state index in [1.807, 2.05) is 86.9 Å². The second-order valence-electron chi connectivity index (χ2n) is 8.93. The maximum atomic E-state index is 12.9. The molecule has 2 unspecified atom stereocenters. The van der Waals surface area contributed by atoms with Crippen LogP contribution in [0.2, 0.25) is 0 Å². The minimum atomic E-state index is -0.170. The number of nitrogens with one attached hydrogen (secondary N) is 2. The number of thiocarbonyl (C=S) groups is 1. The second-order valence-corrected chi connectivity index (χ2v) is 9.32. The molecule has 4 aromatic rings. The highest BCUT2D eigenvalue weighted by molar-refractivity contribution is 7.80. The van der Waals surface area contributed by atoms with Crippen LogP contribution in [0.5, 0.6) is 0 Å². The first-order valence-corrected chi connectivity index (χ1v) is 12.4. The molecule has 5 rings (SSSR count). The van der Waals surface area contributed by atoms with E-state index in [1.165, 1.54) is 0 Å². The van der Waals surface area contributed by atoms with Gasteiger partial charge in [-0.15, -0.1) is 0 Å². The summed E-state index contributed by atoms with van der Waals surface area (Å²) < 4.78 is 2.08. The maximum absolute atomic E-state index is 12.9. The Morgan fingerprint density at radius 3 is 2.61 bits per heavy atom. The summed E-state index contributed by atoms with van der Waals surface area (Å²) in [5, 5.41) is 7.09. The predicted octanol–water partition coefficient (Wildman–Crippen LogP) is 4.89. The largest absolute Gasteiger partial charge is 0.352 e. The monoisotopic (exact) mass is 496 g/mol. The van der Waals surface area contributed by atoms with Crippen LogP contribution in [-0.2, 0) is 4.79 Å². The Morgan fingerprint density at radius 1 is 1.03 bits per heavy atom. The molecule has 7 nitrogen and oxygen atoms in total. The SMILES string of the molecule is Cc1ccc(-n2cccc2C2C(c3ccccn3)NC(=S)N2CCC(=O)Nc2ccccc2C)nc1. The third-order valence-electron chi connectivity index (χ3n) is 6.42. The molecule has 1 aromatic carbocycles. The molecule has 36 heavy (non-hydrogen) atoms. The van der Waals surface area contributed by atoms with E-state index in [2.05, 4.69) is 36.1 Å². The van der Waals surface area contributed by atoms with Crippen LogP contribution in [-0.4, -0.2) is 37.0 Å². The zero-order chi connectivity index (χ0) is 25.1. The number of aromatic nitrogens is 3. The lowest BCUT2D eigenvalue weighted by molar-refractivity contribution is -0.116. The topological polar surface area (TPSA) is 75.1 Å². The highest BCUT2D eigenvalue weighted by Crippen LogP contribution is 2.39. The van der Waals surface area contributed by atoms with E-state index in [-0.39, 0.29) is 18.0 Å². The van der Waals surface area contributed by atoms with Crippen LogP contribution >= 0.6 is 12.2 Å². The summed E-state index contributed by atoms with van der Waals surface area (Å²) in [7, 11) is 0. The summed E-state index contributed by atoms with van der Waals surface area (Å²) in [6.45, 7) is 4.47. The van der Waals surface area contributed by atoms with Gasteiger partial charge in [-0.2, -0.15) is 0 Å². The van der Waals surface area contributed by atoms with Gasteiger partial charge in [0.25, 0.3) is 0 Å². The Labute approximate surface area is 216 Å². The fourth-order valence-electron chi connectivity index (χ4n) is 4.56. The van der Waals surface area contributed by atoms with E-state index in [0.29, 0.717) is 18.1 Å². The highest BCUT2D eigenvalue weighted by atomic mass is 32.1. The molecule has 0 saturated carbocycles. The van der Waals surface area contributed by atoms with Crippen molar-refractivity contribution in [1.82, 2.24) is 24.8 Å². The van der Waals surface area contributed by atoms with Crippen LogP contribution in [0.3, 0.4) is 0 Å². The normalized spacial score (nSPS) is 17.2. The Hall–Kier alpha value is -4.04. The summed E-state index contributed by atoms with van der Waals surface area (Å²) in [6.07, 6.45) is 5.95. The van der Waals surface area contributed by atoms with Gasteiger partial charge < -0.3 is 20.1 Å². The van der Waals surface area contributed by atoms with Gasteiger partial charge in [-0.05, 0) is 73.6 Å². The first-order chi connectivity index (χ1) is 17.5. The number of para-hydroxylation sites is 1. The predicted molar refractivity (Wildman–Crippen MR) is 145 cm³/mol. The van der Waals surface area contributed by atoms with E-state index < -0.39 is 0 Å². The first kappa shape index (κ1) is 23.7. The van der Waals surface area contributed by atoms with Crippen molar-refractivity contribution in [3.05, 3.63) is 108 Å². The molecule has 8 heteroatoms. The molecule has 0 bridgehead atoms. The number of hydrogen-bond donors (Lipinski definition) is 2. The Morgan fingerprint density at radius 2 is 1.86 bits per heavy atom. The van der Waals surface area contributed by atoms with Crippen molar-refractivity contribution in [2.24, 2.45) is 0 Å². The van der Waals surface area contributed by atoms with Gasteiger partial charge in [0.2, 0.25) is 5.91 Å². The molecular formula is C28H28N6OS. The fraction of sp³-hybridized carbons (Fsp3) is 0.214. The summed E-state index contributed by atoms with van der Waals surface area (Å²) in [4.78, 5) is 24.2. The molecule has 2 atom stereocenters. The molecule has 4 heterocycles. The van der Waals surface area contributed by atoms with E-state index >= 15 is 0 Å². The van der Waals surface area contributed by atoms with E-state index in [4.69, 9.17) is 12.2 Å². The van der Waals surface area contributed by atoms with Gasteiger partial charge in [-0.3, -0.25) is 9.78 Å². The number of aryl methyl sites for hydroxylation is 2. The molecular weight excluding hydrogens is 468 g/mol. The third kappa shape index (κ3) is 4.85. The number of hydrogen-bond acceptors (Lipinski definition) is 4. The number of benzene rings is 1. The molecule has 2 N–H and O–H groups in total. The van der Waals surface area contributed by atoms with E-state index in [0.717, 1.165) is 34.0 Å². The van der Waals surface area contributed by atoms with Gasteiger partial charge in [0.05, 0.1) is 17.8 Å². The number of rotatable bonds is 7. The standard InChI is InChI=1S/C28H28N6OS/c1-19-12-13-24(30-18-19)33-16-7-11-23(33)27-26(22-10-5-6-15-29-22)32-28(36)34(27)17-14-25(35)31-21-9-4-3-8-20(21)2/h3-13,15-16,18,26-27H,14,17H2,1-2H3,(H,31,35)(H,32,36). The minimum Gasteiger partial charge on any atom is -0.352 e. The van der Waals surface area contributed by atoms with Crippen molar-refractivity contribution in [3.8, 4) is 5.82 Å². The number of amides is 1. The molecule has 1 saturated heterocycles. The van der Waals surface area contributed by atoms with Gasteiger partial charge in [-0.25, -0.2) is 4.98 Å². The average molecular weight is 497 g/mol. The number of pyridine rings is 2. The van der Waals surface area contributed by atoms with Gasteiger partial charge in [-0.1, -0.05) is 30.3 Å². The number of carbonyl (C=O) groups is 1. The van der Waals surface area contributed by atoms with Crippen molar-refractivity contribution >= 4 is 28.9 Å². The molecule has 0 radical (unpaired) electrons. The Kier molecular flexibility index (Phi) is 6.77. The average Bonchev–Trinajstić information content (AvgIpc) is 3.49. The third-order valence-corrected chi connectivity index (χ3v) is 6.77. The summed E-state index contributed by atoms with van der Waals surface area (Å²) in [5.41, 5.74) is 4.87. The van der Waals surface area contributed by atoms with Gasteiger partial charge in [0, 0.05) is 42.9 Å². The van der Waals surface area contributed by atoms with E-state index in [9.17, 15) is 4.79 Å². The zero-order valence-corrected chi connectivity index (χ0v) is 21.1. The maximum Gasteiger partial charge on any atom is 0.226 e. The quantitative estimate of drug-likeness (QED) is 0.355. The lowest BCUT2D eigenvalue weighted by Crippen LogP contribution is -2.33. The van der Waals surface area contributed by atoms with Crippen molar-refractivity contribution in [1.29, 1.82) is 0 Å². The molecule has 1 aliphatic heterocycles. The van der Waals surface area contributed by atoms with Crippen LogP contribution in [0.1, 0.15) is 41.0 Å². The Bertz CT molecular complexity index is 1370. The molecule has 1 amide bonds.